The Bertz CT molecular complexity index is 572. The third-order valence-corrected chi connectivity index (χ3v) is 5.22. The van der Waals surface area contributed by atoms with Gasteiger partial charge in [0, 0.05) is 26.1 Å². The summed E-state index contributed by atoms with van der Waals surface area (Å²) in [4.78, 5) is 21.1. The zero-order chi connectivity index (χ0) is 17.8. The summed E-state index contributed by atoms with van der Waals surface area (Å²) in [5.74, 6) is 2.14. The number of amides is 1. The van der Waals surface area contributed by atoms with Crippen molar-refractivity contribution in [3.63, 3.8) is 0 Å². The van der Waals surface area contributed by atoms with E-state index in [1.807, 2.05) is 11.8 Å². The maximum absolute atomic E-state index is 12.6. The predicted octanol–water partition coefficient (Wildman–Crippen LogP) is 2.01. The molecule has 0 spiro atoms. The number of carbonyl (C=O) groups is 1. The number of nitrogens with zero attached hydrogens (tertiary/aromatic N) is 4. The quantitative estimate of drug-likeness (QED) is 0.749. The van der Waals surface area contributed by atoms with Crippen LogP contribution in [0.1, 0.15) is 50.7 Å². The summed E-state index contributed by atoms with van der Waals surface area (Å²) in [5.41, 5.74) is 0. The third kappa shape index (κ3) is 5.25. The van der Waals surface area contributed by atoms with Crippen LogP contribution in [0.3, 0.4) is 0 Å². The largest absolute Gasteiger partial charge is 0.368 e. The molecule has 0 N–H and O–H groups in total. The second-order valence-electron chi connectivity index (χ2n) is 7.47. The van der Waals surface area contributed by atoms with Crippen molar-refractivity contribution in [3.05, 3.63) is 11.7 Å². The van der Waals surface area contributed by atoms with Crippen LogP contribution in [0.15, 0.2) is 4.52 Å². The Morgan fingerprint density at radius 3 is 2.84 bits per heavy atom. The maximum atomic E-state index is 12.6. The van der Waals surface area contributed by atoms with Gasteiger partial charge in [0.15, 0.2) is 5.82 Å². The lowest BCUT2D eigenvalue weighted by Gasteiger charge is -2.27. The molecule has 2 fully saturated rings. The summed E-state index contributed by atoms with van der Waals surface area (Å²) in [6.45, 7) is 6.71. The van der Waals surface area contributed by atoms with Crippen molar-refractivity contribution >= 4 is 5.91 Å². The minimum atomic E-state index is -0.322. The van der Waals surface area contributed by atoms with Crippen molar-refractivity contribution in [2.75, 3.05) is 26.7 Å². The first-order chi connectivity index (χ1) is 12.0. The molecular formula is C18H30N4O3. The van der Waals surface area contributed by atoms with Gasteiger partial charge in [0.2, 0.25) is 5.89 Å². The van der Waals surface area contributed by atoms with Crippen LogP contribution < -0.4 is 0 Å². The maximum Gasteiger partial charge on any atom is 0.251 e. The lowest BCUT2D eigenvalue weighted by molar-refractivity contribution is -0.142. The van der Waals surface area contributed by atoms with Gasteiger partial charge in [0.05, 0.1) is 13.2 Å². The topological polar surface area (TPSA) is 71.7 Å². The van der Waals surface area contributed by atoms with Gasteiger partial charge in [0.1, 0.15) is 6.10 Å². The molecule has 2 aliphatic rings. The minimum Gasteiger partial charge on any atom is -0.368 e. The van der Waals surface area contributed by atoms with E-state index in [0.717, 1.165) is 44.8 Å². The molecule has 1 aromatic heterocycles. The Morgan fingerprint density at radius 1 is 1.36 bits per heavy atom. The summed E-state index contributed by atoms with van der Waals surface area (Å²) in [6, 6.07) is 0.430. The summed E-state index contributed by atoms with van der Waals surface area (Å²) in [6.07, 6.45) is 5.23. The Balaban J connectivity index is 1.46. The smallest absolute Gasteiger partial charge is 0.251 e. The lowest BCUT2D eigenvalue weighted by atomic mass is 10.1. The van der Waals surface area contributed by atoms with Crippen molar-refractivity contribution < 1.29 is 14.1 Å². The van der Waals surface area contributed by atoms with E-state index in [9.17, 15) is 4.79 Å². The number of carbonyl (C=O) groups excluding carboxylic acids is 1. The Hall–Kier alpha value is -1.47. The van der Waals surface area contributed by atoms with Gasteiger partial charge < -0.3 is 14.2 Å². The predicted molar refractivity (Wildman–Crippen MR) is 92.9 cm³/mol. The van der Waals surface area contributed by atoms with Gasteiger partial charge in [-0.1, -0.05) is 5.16 Å². The SMILES string of the molecule is Cc1nc(CN(C)[C@@H]2CCCN(C(=O)[C@H](C)OCC3CC3)CC2)no1. The van der Waals surface area contributed by atoms with Crippen LogP contribution >= 0.6 is 0 Å². The normalized spacial score (nSPS) is 22.9. The highest BCUT2D eigenvalue weighted by molar-refractivity contribution is 5.80. The van der Waals surface area contributed by atoms with Crippen LogP contribution in [-0.2, 0) is 16.1 Å². The van der Waals surface area contributed by atoms with Crippen LogP contribution in [0.25, 0.3) is 0 Å². The van der Waals surface area contributed by atoms with Gasteiger partial charge in [-0.25, -0.2) is 0 Å². The molecule has 0 aromatic carbocycles. The molecule has 0 unspecified atom stereocenters. The molecule has 1 saturated heterocycles. The van der Waals surface area contributed by atoms with E-state index in [0.29, 0.717) is 24.4 Å². The number of hydrogen-bond acceptors (Lipinski definition) is 6. The molecule has 1 saturated carbocycles. The third-order valence-electron chi connectivity index (χ3n) is 5.22. The van der Waals surface area contributed by atoms with Crippen molar-refractivity contribution in [1.29, 1.82) is 0 Å². The molecule has 1 aromatic rings. The average Bonchev–Trinajstić information content (AvgIpc) is 3.37. The number of ether oxygens (including phenoxy) is 1. The second kappa shape index (κ2) is 8.27. The molecule has 2 heterocycles. The number of hydrogen-bond donors (Lipinski definition) is 0. The molecule has 7 nitrogen and oxygen atoms in total. The lowest BCUT2D eigenvalue weighted by Crippen LogP contribution is -2.40. The molecule has 140 valence electrons. The molecule has 25 heavy (non-hydrogen) atoms. The first-order valence-electron chi connectivity index (χ1n) is 9.42. The highest BCUT2D eigenvalue weighted by Crippen LogP contribution is 2.29. The Kier molecular flexibility index (Phi) is 6.06. The first-order valence-corrected chi connectivity index (χ1v) is 9.42. The number of rotatable bonds is 7. The highest BCUT2D eigenvalue weighted by atomic mass is 16.5. The van der Waals surface area contributed by atoms with Gasteiger partial charge in [-0.15, -0.1) is 0 Å². The Labute approximate surface area is 149 Å². The summed E-state index contributed by atoms with van der Waals surface area (Å²) < 4.78 is 10.8. The van der Waals surface area contributed by atoms with Gasteiger partial charge in [-0.3, -0.25) is 9.69 Å². The molecule has 7 heteroatoms. The molecule has 0 radical (unpaired) electrons. The minimum absolute atomic E-state index is 0.137. The van der Waals surface area contributed by atoms with E-state index in [4.69, 9.17) is 9.26 Å². The monoisotopic (exact) mass is 350 g/mol. The molecule has 3 rings (SSSR count). The van der Waals surface area contributed by atoms with E-state index in [2.05, 4.69) is 22.1 Å². The van der Waals surface area contributed by atoms with Crippen molar-refractivity contribution in [3.8, 4) is 0 Å². The van der Waals surface area contributed by atoms with Crippen LogP contribution in [0.5, 0.6) is 0 Å². The summed E-state index contributed by atoms with van der Waals surface area (Å²) in [7, 11) is 2.09. The van der Waals surface area contributed by atoms with Gasteiger partial charge in [-0.2, -0.15) is 4.98 Å². The van der Waals surface area contributed by atoms with Crippen LogP contribution in [0.2, 0.25) is 0 Å². The second-order valence-corrected chi connectivity index (χ2v) is 7.47. The fraction of sp³-hybridized carbons (Fsp3) is 0.833. The highest BCUT2D eigenvalue weighted by Gasteiger charge is 2.28. The first kappa shape index (κ1) is 18.3. The van der Waals surface area contributed by atoms with Gasteiger partial charge >= 0.3 is 0 Å². The molecule has 0 bridgehead atoms. The van der Waals surface area contributed by atoms with Crippen molar-refractivity contribution in [1.82, 2.24) is 19.9 Å². The summed E-state index contributed by atoms with van der Waals surface area (Å²) >= 11 is 0. The number of aromatic nitrogens is 2. The van der Waals surface area contributed by atoms with E-state index in [-0.39, 0.29) is 12.0 Å². The fourth-order valence-corrected chi connectivity index (χ4v) is 3.39. The summed E-state index contributed by atoms with van der Waals surface area (Å²) in [5, 5.41) is 3.97. The van der Waals surface area contributed by atoms with E-state index >= 15 is 0 Å². The number of likely N-dealkylation sites (tertiary alicyclic amines) is 1. The van der Waals surface area contributed by atoms with Crippen LogP contribution in [-0.4, -0.2) is 64.7 Å². The van der Waals surface area contributed by atoms with Crippen molar-refractivity contribution in [2.24, 2.45) is 5.92 Å². The van der Waals surface area contributed by atoms with E-state index in [1.165, 1.54) is 12.8 Å². The standard InChI is InChI=1S/C18H30N4O3/c1-13(24-12-15-6-7-15)18(23)22-9-4-5-16(8-10-22)21(3)11-17-19-14(2)25-20-17/h13,15-16H,4-12H2,1-3H3/t13-,16+/m0/s1. The molecular weight excluding hydrogens is 320 g/mol. The van der Waals surface area contributed by atoms with Crippen molar-refractivity contribution in [2.45, 2.75) is 64.6 Å². The zero-order valence-electron chi connectivity index (χ0n) is 15.6. The van der Waals surface area contributed by atoms with Crippen LogP contribution in [0, 0.1) is 12.8 Å². The molecule has 1 aliphatic carbocycles. The van der Waals surface area contributed by atoms with Gasteiger partial charge in [0.25, 0.3) is 5.91 Å². The average molecular weight is 350 g/mol. The fourth-order valence-electron chi connectivity index (χ4n) is 3.39. The molecule has 1 amide bonds. The van der Waals surface area contributed by atoms with Crippen LogP contribution in [0.4, 0.5) is 0 Å². The van der Waals surface area contributed by atoms with Gasteiger partial charge in [-0.05, 0) is 52.0 Å². The van der Waals surface area contributed by atoms with E-state index < -0.39 is 0 Å². The molecule has 1 aliphatic heterocycles. The van der Waals surface area contributed by atoms with E-state index in [1.54, 1.807) is 6.92 Å². The Morgan fingerprint density at radius 2 is 2.16 bits per heavy atom. The number of aryl methyl sites for hydroxylation is 1. The zero-order valence-corrected chi connectivity index (χ0v) is 15.6. The molecule has 2 atom stereocenters.